The third kappa shape index (κ3) is 3.30. The van der Waals surface area contributed by atoms with Crippen LogP contribution in [0, 0.1) is 13.8 Å². The van der Waals surface area contributed by atoms with E-state index in [0.717, 1.165) is 45.6 Å². The van der Waals surface area contributed by atoms with Crippen LogP contribution in [0.5, 0.6) is 11.5 Å². The number of para-hydroxylation sites is 1. The van der Waals surface area contributed by atoms with Gasteiger partial charge in [-0.2, -0.15) is 0 Å². The molecule has 2 N–H and O–H groups in total. The molecule has 0 saturated carbocycles. The molecule has 4 rings (SSSR count). The van der Waals surface area contributed by atoms with Crippen LogP contribution >= 0.6 is 0 Å². The number of fused-ring (bicyclic) bond motifs is 1. The molecule has 5 nitrogen and oxygen atoms in total. The van der Waals surface area contributed by atoms with Crippen LogP contribution in [0.4, 0.5) is 11.5 Å². The van der Waals surface area contributed by atoms with Crippen molar-refractivity contribution < 1.29 is 4.74 Å². The highest BCUT2D eigenvalue weighted by atomic mass is 16.5. The zero-order chi connectivity index (χ0) is 17.2. The van der Waals surface area contributed by atoms with Gasteiger partial charge in [-0.05, 0) is 56.3 Å². The lowest BCUT2D eigenvalue weighted by Crippen LogP contribution is -1.98. The monoisotopic (exact) mass is 330 g/mol. The Kier molecular flexibility index (Phi) is 3.82. The van der Waals surface area contributed by atoms with Gasteiger partial charge < -0.3 is 15.0 Å². The van der Waals surface area contributed by atoms with E-state index in [4.69, 9.17) is 4.74 Å². The molecule has 0 aliphatic rings. The first kappa shape index (κ1) is 15.2. The molecule has 0 bridgehead atoms. The van der Waals surface area contributed by atoms with E-state index in [1.807, 2.05) is 74.5 Å². The van der Waals surface area contributed by atoms with Crippen molar-refractivity contribution in [3.05, 3.63) is 72.2 Å². The number of anilines is 2. The second-order valence-electron chi connectivity index (χ2n) is 5.90. The van der Waals surface area contributed by atoms with Gasteiger partial charge in [0.15, 0.2) is 0 Å². The fourth-order valence-corrected chi connectivity index (χ4v) is 2.72. The van der Waals surface area contributed by atoms with Crippen molar-refractivity contribution in [3.8, 4) is 11.5 Å². The van der Waals surface area contributed by atoms with Gasteiger partial charge >= 0.3 is 0 Å². The molecule has 2 aromatic heterocycles. The summed E-state index contributed by atoms with van der Waals surface area (Å²) in [6.07, 6.45) is 0. The van der Waals surface area contributed by atoms with Gasteiger partial charge in [0.2, 0.25) is 0 Å². The second kappa shape index (κ2) is 6.28. The van der Waals surface area contributed by atoms with Gasteiger partial charge in [0.05, 0.1) is 5.39 Å². The van der Waals surface area contributed by atoms with E-state index in [9.17, 15) is 0 Å². The van der Waals surface area contributed by atoms with Crippen LogP contribution in [0.1, 0.15) is 11.5 Å². The Morgan fingerprint density at radius 2 is 1.60 bits per heavy atom. The lowest BCUT2D eigenvalue weighted by molar-refractivity contribution is 0.483. The minimum Gasteiger partial charge on any atom is -0.457 e. The molecule has 4 aromatic rings. The molecule has 2 aromatic carbocycles. The van der Waals surface area contributed by atoms with Crippen LogP contribution in [0.2, 0.25) is 0 Å². The minimum absolute atomic E-state index is 0.723. The molecule has 124 valence electrons. The molecule has 0 amide bonds. The molecule has 0 aliphatic heterocycles. The summed E-state index contributed by atoms with van der Waals surface area (Å²) in [6.45, 7) is 3.90. The number of nitrogens with zero attached hydrogens (tertiary/aromatic N) is 2. The third-order valence-electron chi connectivity index (χ3n) is 3.83. The van der Waals surface area contributed by atoms with E-state index < -0.39 is 0 Å². The Hall–Kier alpha value is -3.34. The van der Waals surface area contributed by atoms with Crippen molar-refractivity contribution in [2.45, 2.75) is 13.8 Å². The van der Waals surface area contributed by atoms with Gasteiger partial charge in [0.1, 0.15) is 28.8 Å². The normalized spacial score (nSPS) is 10.8. The average molecular weight is 330 g/mol. The number of aromatic nitrogens is 3. The van der Waals surface area contributed by atoms with E-state index >= 15 is 0 Å². The van der Waals surface area contributed by atoms with Gasteiger partial charge in [-0.3, -0.25) is 0 Å². The minimum atomic E-state index is 0.723. The number of aryl methyl sites for hydroxylation is 2. The SMILES string of the molecule is Cc1nc(Nc2ccc(Oc3ccccc3)cc2)c2cc(C)[nH]c2n1. The Morgan fingerprint density at radius 1 is 0.880 bits per heavy atom. The summed E-state index contributed by atoms with van der Waals surface area (Å²) < 4.78 is 5.82. The van der Waals surface area contributed by atoms with Gasteiger partial charge in [-0.15, -0.1) is 0 Å². The van der Waals surface area contributed by atoms with Crippen molar-refractivity contribution in [1.29, 1.82) is 0 Å². The fraction of sp³-hybridized carbons (Fsp3) is 0.100. The van der Waals surface area contributed by atoms with Crippen LogP contribution < -0.4 is 10.1 Å². The van der Waals surface area contributed by atoms with Crippen LogP contribution in [-0.4, -0.2) is 15.0 Å². The summed E-state index contributed by atoms with van der Waals surface area (Å²) in [5.74, 6) is 3.13. The summed E-state index contributed by atoms with van der Waals surface area (Å²) in [6, 6.07) is 19.6. The third-order valence-corrected chi connectivity index (χ3v) is 3.83. The molecule has 5 heteroatoms. The highest BCUT2D eigenvalue weighted by Crippen LogP contribution is 2.27. The van der Waals surface area contributed by atoms with E-state index in [1.54, 1.807) is 0 Å². The smallest absolute Gasteiger partial charge is 0.143 e. The van der Waals surface area contributed by atoms with Crippen molar-refractivity contribution in [2.75, 3.05) is 5.32 Å². The molecule has 0 unspecified atom stereocenters. The predicted octanol–water partition coefficient (Wildman–Crippen LogP) is 5.11. The van der Waals surface area contributed by atoms with Crippen LogP contribution in [-0.2, 0) is 0 Å². The van der Waals surface area contributed by atoms with Crippen LogP contribution in [0.15, 0.2) is 60.7 Å². The van der Waals surface area contributed by atoms with Crippen molar-refractivity contribution >= 4 is 22.5 Å². The fourth-order valence-electron chi connectivity index (χ4n) is 2.72. The van der Waals surface area contributed by atoms with E-state index in [0.29, 0.717) is 0 Å². The molecule has 25 heavy (non-hydrogen) atoms. The lowest BCUT2D eigenvalue weighted by atomic mass is 10.2. The Morgan fingerprint density at radius 3 is 2.36 bits per heavy atom. The molecular weight excluding hydrogens is 312 g/mol. The average Bonchev–Trinajstić information content (AvgIpc) is 2.98. The molecule has 0 radical (unpaired) electrons. The number of rotatable bonds is 4. The highest BCUT2D eigenvalue weighted by Gasteiger charge is 2.09. The van der Waals surface area contributed by atoms with Gasteiger partial charge in [0, 0.05) is 11.4 Å². The standard InChI is InChI=1S/C20H18N4O/c1-13-12-18-19(21-13)22-14(2)23-20(18)24-15-8-10-17(11-9-15)25-16-6-4-3-5-7-16/h3-12H,1-2H3,(H2,21,22,23,24). The largest absolute Gasteiger partial charge is 0.457 e. The topological polar surface area (TPSA) is 62.8 Å². The Balaban J connectivity index is 1.57. The first-order valence-corrected chi connectivity index (χ1v) is 8.11. The zero-order valence-electron chi connectivity index (χ0n) is 14.1. The Labute approximate surface area is 145 Å². The second-order valence-corrected chi connectivity index (χ2v) is 5.90. The van der Waals surface area contributed by atoms with E-state index in [1.165, 1.54) is 0 Å². The number of hydrogen-bond acceptors (Lipinski definition) is 4. The molecular formula is C20H18N4O. The summed E-state index contributed by atoms with van der Waals surface area (Å²) in [7, 11) is 0. The quantitative estimate of drug-likeness (QED) is 0.546. The van der Waals surface area contributed by atoms with Crippen molar-refractivity contribution in [3.63, 3.8) is 0 Å². The predicted molar refractivity (Wildman–Crippen MR) is 99.6 cm³/mol. The zero-order valence-corrected chi connectivity index (χ0v) is 14.1. The summed E-state index contributed by atoms with van der Waals surface area (Å²) >= 11 is 0. The number of benzene rings is 2. The van der Waals surface area contributed by atoms with E-state index in [-0.39, 0.29) is 0 Å². The lowest BCUT2D eigenvalue weighted by Gasteiger charge is -2.09. The number of nitrogens with one attached hydrogen (secondary N) is 2. The van der Waals surface area contributed by atoms with Crippen molar-refractivity contribution in [1.82, 2.24) is 15.0 Å². The number of hydrogen-bond donors (Lipinski definition) is 2. The van der Waals surface area contributed by atoms with Crippen LogP contribution in [0.25, 0.3) is 11.0 Å². The molecule has 0 saturated heterocycles. The van der Waals surface area contributed by atoms with Gasteiger partial charge in [-0.1, -0.05) is 18.2 Å². The number of aromatic amines is 1. The van der Waals surface area contributed by atoms with Gasteiger partial charge in [0.25, 0.3) is 0 Å². The number of H-pyrrole nitrogens is 1. The molecule has 0 fully saturated rings. The first-order valence-electron chi connectivity index (χ1n) is 8.11. The molecule has 0 atom stereocenters. The maximum Gasteiger partial charge on any atom is 0.143 e. The maximum absolute atomic E-state index is 5.82. The Bertz CT molecular complexity index is 1010. The van der Waals surface area contributed by atoms with Crippen molar-refractivity contribution in [2.24, 2.45) is 0 Å². The van der Waals surface area contributed by atoms with E-state index in [2.05, 4.69) is 20.3 Å². The summed E-state index contributed by atoms with van der Waals surface area (Å²) in [5.41, 5.74) is 2.85. The highest BCUT2D eigenvalue weighted by molar-refractivity contribution is 5.89. The molecule has 0 aliphatic carbocycles. The molecule has 2 heterocycles. The first-order chi connectivity index (χ1) is 12.2. The summed E-state index contributed by atoms with van der Waals surface area (Å²) in [4.78, 5) is 12.2. The van der Waals surface area contributed by atoms with Gasteiger partial charge in [-0.25, -0.2) is 9.97 Å². The summed E-state index contributed by atoms with van der Waals surface area (Å²) in [5, 5.41) is 4.34. The van der Waals surface area contributed by atoms with Crippen LogP contribution in [0.3, 0.4) is 0 Å². The molecule has 0 spiro atoms. The maximum atomic E-state index is 5.82. The number of ether oxygens (including phenoxy) is 1.